The van der Waals surface area contributed by atoms with Crippen LogP contribution in [0.25, 0.3) is 55.2 Å². The number of carbonyl (C=O) groups is 1. The van der Waals surface area contributed by atoms with Gasteiger partial charge in [0.25, 0.3) is 0 Å². The summed E-state index contributed by atoms with van der Waals surface area (Å²) in [6.07, 6.45) is 0. The van der Waals surface area contributed by atoms with Gasteiger partial charge in [0.2, 0.25) is 0 Å². The number of aromatic nitrogens is 2. The van der Waals surface area contributed by atoms with E-state index in [1.807, 2.05) is 76.2 Å². The van der Waals surface area contributed by atoms with E-state index in [1.165, 1.54) is 18.2 Å². The van der Waals surface area contributed by atoms with Gasteiger partial charge in [-0.2, -0.15) is 0 Å². The molecule has 4 aromatic carbocycles. The number of phenolic OH excluding ortho intramolecular Hbond substituents is 1. The molecule has 58 heavy (non-hydrogen) atoms. The van der Waals surface area contributed by atoms with E-state index in [0.29, 0.717) is 74.8 Å². The second-order valence-electron chi connectivity index (χ2n) is 13.9. The number of halogens is 1. The van der Waals surface area contributed by atoms with Crippen molar-refractivity contribution >= 4 is 61.7 Å². The molecule has 8 rings (SSSR count). The average molecular weight is 795 g/mol. The van der Waals surface area contributed by atoms with Crippen LogP contribution in [-0.2, 0) is 13.1 Å². The highest BCUT2D eigenvalue weighted by molar-refractivity contribution is 6.33. The predicted molar refractivity (Wildman–Crippen MR) is 228 cm³/mol. The molecule has 0 bridgehead atoms. The molecule has 0 amide bonds. The van der Waals surface area contributed by atoms with Crippen molar-refractivity contribution in [1.29, 1.82) is 0 Å². The zero-order chi connectivity index (χ0) is 40.7. The van der Waals surface area contributed by atoms with Crippen molar-refractivity contribution in [2.45, 2.75) is 40.8 Å². The minimum Gasteiger partial charge on any atom is -0.506 e. The van der Waals surface area contributed by atoms with Gasteiger partial charge < -0.3 is 34.7 Å². The first-order valence-corrected chi connectivity index (χ1v) is 19.2. The van der Waals surface area contributed by atoms with Gasteiger partial charge in [0.05, 0.1) is 57.3 Å². The summed E-state index contributed by atoms with van der Waals surface area (Å²) in [5.41, 5.74) is 7.09. The lowest BCUT2D eigenvalue weighted by atomic mass is 9.90. The van der Waals surface area contributed by atoms with Crippen LogP contribution in [0.1, 0.15) is 46.7 Å². The Kier molecular flexibility index (Phi) is 10.2. The average Bonchev–Trinajstić information content (AvgIpc) is 3.20. The normalized spacial score (nSPS) is 11.4. The van der Waals surface area contributed by atoms with Crippen molar-refractivity contribution < 1.29 is 28.9 Å². The summed E-state index contributed by atoms with van der Waals surface area (Å²) in [6, 6.07) is 26.6. The quantitative estimate of drug-likeness (QED) is 0.0873. The maximum absolute atomic E-state index is 13.9. The number of carboxylic acid groups (broad SMARTS) is 1. The van der Waals surface area contributed by atoms with Gasteiger partial charge in [0.15, 0.2) is 5.43 Å². The number of aryl methyl sites for hydroxylation is 2. The van der Waals surface area contributed by atoms with Gasteiger partial charge in [0.1, 0.15) is 28.6 Å². The fourth-order valence-corrected chi connectivity index (χ4v) is 7.54. The lowest BCUT2D eigenvalue weighted by molar-refractivity contribution is 0.0697. The molecule has 11 nitrogen and oxygen atoms in total. The van der Waals surface area contributed by atoms with Crippen LogP contribution in [0, 0.1) is 13.8 Å². The minimum atomic E-state index is -1.06. The largest absolute Gasteiger partial charge is 0.506 e. The number of nitrogens with one attached hydrogen (secondary N) is 2. The molecule has 3 heterocycles. The molecule has 4 N–H and O–H groups in total. The van der Waals surface area contributed by atoms with Crippen LogP contribution >= 0.6 is 11.6 Å². The summed E-state index contributed by atoms with van der Waals surface area (Å²) in [6.45, 7) is 8.69. The van der Waals surface area contributed by atoms with E-state index in [2.05, 4.69) is 10.6 Å². The van der Waals surface area contributed by atoms with E-state index in [9.17, 15) is 19.8 Å². The van der Waals surface area contributed by atoms with Crippen LogP contribution in [0.4, 0.5) is 11.4 Å². The first kappa shape index (κ1) is 38.0. The van der Waals surface area contributed by atoms with Crippen molar-refractivity contribution in [3.8, 4) is 39.7 Å². The predicted octanol–water partition coefficient (Wildman–Crippen LogP) is 10.4. The monoisotopic (exact) mass is 794 g/mol. The van der Waals surface area contributed by atoms with Crippen molar-refractivity contribution in [3.05, 3.63) is 134 Å². The number of fused-ring (bicyclic) bond motifs is 4. The number of hydrogen-bond acceptors (Lipinski definition) is 10. The van der Waals surface area contributed by atoms with Crippen LogP contribution in [0.3, 0.4) is 0 Å². The Morgan fingerprint density at radius 2 is 1.33 bits per heavy atom. The molecule has 1 aliphatic heterocycles. The lowest BCUT2D eigenvalue weighted by Gasteiger charge is -2.21. The Balaban J connectivity index is 1.32. The summed E-state index contributed by atoms with van der Waals surface area (Å²) in [7, 11) is 0. The molecule has 0 radical (unpaired) electrons. The number of aromatic carboxylic acids is 1. The summed E-state index contributed by atoms with van der Waals surface area (Å²) >= 11 is 6.80. The van der Waals surface area contributed by atoms with Crippen molar-refractivity contribution in [2.24, 2.45) is 0 Å². The van der Waals surface area contributed by atoms with Gasteiger partial charge in [-0.3, -0.25) is 14.8 Å². The second-order valence-corrected chi connectivity index (χ2v) is 14.3. The number of rotatable bonds is 12. The lowest BCUT2D eigenvalue weighted by Crippen LogP contribution is -2.15. The maximum Gasteiger partial charge on any atom is 0.335 e. The fraction of sp³-hybridized carbons (Fsp3) is 0.174. The van der Waals surface area contributed by atoms with Crippen LogP contribution in [0.2, 0.25) is 5.02 Å². The summed E-state index contributed by atoms with van der Waals surface area (Å²) < 4.78 is 18.5. The highest BCUT2D eigenvalue weighted by atomic mass is 35.5. The van der Waals surface area contributed by atoms with Crippen molar-refractivity contribution in [1.82, 2.24) is 9.97 Å². The maximum atomic E-state index is 13.9. The molecule has 0 unspecified atom stereocenters. The zero-order valence-electron chi connectivity index (χ0n) is 32.2. The molecule has 292 valence electrons. The van der Waals surface area contributed by atoms with E-state index in [1.54, 1.807) is 24.3 Å². The van der Waals surface area contributed by atoms with Crippen LogP contribution in [0.5, 0.6) is 17.2 Å². The first-order valence-electron chi connectivity index (χ1n) is 18.9. The highest BCUT2D eigenvalue weighted by Crippen LogP contribution is 2.46. The minimum absolute atomic E-state index is 0.0431. The molecule has 0 saturated carbocycles. The number of carboxylic acids is 1. The number of anilines is 2. The van der Waals surface area contributed by atoms with Gasteiger partial charge in [-0.05, 0) is 87.9 Å². The Bertz CT molecular complexity index is 2930. The first-order chi connectivity index (χ1) is 28.0. The van der Waals surface area contributed by atoms with Crippen LogP contribution in [0.15, 0.2) is 100 Å². The Morgan fingerprint density at radius 1 is 0.759 bits per heavy atom. The fourth-order valence-electron chi connectivity index (χ4n) is 7.32. The number of nitrogens with zero attached hydrogens (tertiary/aromatic N) is 2. The molecule has 6 aromatic rings. The van der Waals surface area contributed by atoms with Gasteiger partial charge in [-0.25, -0.2) is 4.79 Å². The van der Waals surface area contributed by atoms with Crippen LogP contribution in [-0.4, -0.2) is 39.4 Å². The van der Waals surface area contributed by atoms with Gasteiger partial charge in [0, 0.05) is 63.9 Å². The highest BCUT2D eigenvalue weighted by Gasteiger charge is 2.26. The summed E-state index contributed by atoms with van der Waals surface area (Å²) in [5.74, 6) is 0.316. The van der Waals surface area contributed by atoms with Crippen molar-refractivity contribution in [2.75, 3.05) is 23.8 Å². The number of aromatic hydroxyl groups is 1. The Labute approximate surface area is 338 Å². The standard InChI is InChI=1S/C46H39ClN4O7/c1-5-56-30-17-28-9-7-24(3)50-41(28)37(19-30)48-22-34-39(52)16-15-32-40(26-11-13-27(14-12-26)46(54)55)33-21-36(47)43(53)35(45(33)58-44(32)34)23-49-38-20-31(57-6-2)18-29-10-8-25(4)51-42(29)38/h7-21,48-49,53H,5-6,22-23H2,1-4H3,(H,54,55). The van der Waals surface area contributed by atoms with E-state index < -0.39 is 5.97 Å². The molecule has 1 aliphatic carbocycles. The molecule has 0 saturated heterocycles. The third kappa shape index (κ3) is 7.16. The molecule has 0 spiro atoms. The second kappa shape index (κ2) is 15.6. The number of ether oxygens (including phenoxy) is 2. The van der Waals surface area contributed by atoms with Gasteiger partial charge in [-0.15, -0.1) is 0 Å². The third-order valence-corrected chi connectivity index (χ3v) is 10.3. The van der Waals surface area contributed by atoms with Gasteiger partial charge >= 0.3 is 5.97 Å². The van der Waals surface area contributed by atoms with Crippen LogP contribution < -0.4 is 25.5 Å². The Hall–Kier alpha value is -6.85. The number of phenols is 1. The topological polar surface area (TPSA) is 156 Å². The molecule has 0 fully saturated rings. The molecule has 0 atom stereocenters. The molecular formula is C46H39ClN4O7. The van der Waals surface area contributed by atoms with E-state index in [-0.39, 0.29) is 46.2 Å². The van der Waals surface area contributed by atoms with E-state index in [0.717, 1.165) is 27.7 Å². The number of hydrogen-bond donors (Lipinski definition) is 4. The third-order valence-electron chi connectivity index (χ3n) is 10.0. The van der Waals surface area contributed by atoms with Gasteiger partial charge in [-0.1, -0.05) is 35.9 Å². The zero-order valence-corrected chi connectivity index (χ0v) is 33.0. The summed E-state index contributed by atoms with van der Waals surface area (Å²) in [4.78, 5) is 35.3. The number of pyridine rings is 2. The van der Waals surface area contributed by atoms with Crippen molar-refractivity contribution in [3.63, 3.8) is 0 Å². The van der Waals surface area contributed by atoms with E-state index in [4.69, 9.17) is 35.5 Å². The SMILES string of the molecule is CCOc1cc(NCc2c3oc4c(CNc5cc(OCC)cc6ccc(C)nc56)c(O)c(Cl)cc4c(-c4ccc(C(=O)O)cc4)c-3ccc2=O)c2nc(C)ccc2c1. The summed E-state index contributed by atoms with van der Waals surface area (Å²) in [5, 5.41) is 30.6. The Morgan fingerprint density at radius 3 is 1.88 bits per heavy atom. The molecular weight excluding hydrogens is 756 g/mol. The molecule has 12 heteroatoms. The molecule has 2 aromatic heterocycles. The molecule has 2 aliphatic rings. The van der Waals surface area contributed by atoms with E-state index >= 15 is 0 Å². The number of benzene rings is 5. The smallest absolute Gasteiger partial charge is 0.335 e.